The van der Waals surface area contributed by atoms with Gasteiger partial charge in [-0.1, -0.05) is 67.9 Å². The molecular formula is C76H99N13O18. The van der Waals surface area contributed by atoms with Gasteiger partial charge in [-0.25, -0.2) is 9.89 Å². The third-order valence-electron chi connectivity index (χ3n) is 17.7. The van der Waals surface area contributed by atoms with Crippen LogP contribution in [-0.2, 0) is 112 Å². The summed E-state index contributed by atoms with van der Waals surface area (Å²) in [6, 6.07) is 21.9. The van der Waals surface area contributed by atoms with Gasteiger partial charge >= 0.3 is 0 Å². The molecule has 31 nitrogen and oxygen atoms in total. The number of imide groups is 1. The van der Waals surface area contributed by atoms with Crippen LogP contribution in [0.1, 0.15) is 98.2 Å². The number of hydrogen-bond acceptors (Lipinski definition) is 21. The number of unbranched alkanes of at least 4 members (excludes halogenated alkanes) is 2. The zero-order valence-corrected chi connectivity index (χ0v) is 60.6. The highest BCUT2D eigenvalue weighted by molar-refractivity contribution is 6.28. The third kappa shape index (κ3) is 27.6. The van der Waals surface area contributed by atoms with Crippen molar-refractivity contribution in [3.05, 3.63) is 136 Å². The number of nitrogens with one attached hydrogen (secondary N) is 7. The van der Waals surface area contributed by atoms with Gasteiger partial charge in [0.25, 0.3) is 11.8 Å². The van der Waals surface area contributed by atoms with Gasteiger partial charge in [-0.15, -0.1) is 0 Å². The van der Waals surface area contributed by atoms with Gasteiger partial charge in [0, 0.05) is 100 Å². The van der Waals surface area contributed by atoms with E-state index in [1.807, 2.05) is 31.2 Å². The van der Waals surface area contributed by atoms with Crippen molar-refractivity contribution in [2.45, 2.75) is 102 Å². The molecule has 1 aliphatic carbocycles. The normalized spacial score (nSPS) is 14.3. The van der Waals surface area contributed by atoms with E-state index in [1.165, 1.54) is 12.2 Å². The average molecular weight is 1480 g/mol. The molecule has 1 atom stereocenters. The molecule has 1 saturated carbocycles. The van der Waals surface area contributed by atoms with Crippen LogP contribution in [-0.4, -0.2) is 235 Å². The number of nitrogens with zero attached hydrogens (tertiary/aromatic N) is 5. The minimum absolute atomic E-state index is 0.0280. The van der Waals surface area contributed by atoms with Crippen LogP contribution >= 0.6 is 0 Å². The fourth-order valence-corrected chi connectivity index (χ4v) is 11.9. The topological polar surface area (TPSA) is 409 Å². The Balaban J connectivity index is 0.599. The lowest BCUT2D eigenvalue weighted by Crippen LogP contribution is -2.52. The Morgan fingerprint density at radius 1 is 0.645 bits per heavy atom. The molecule has 0 saturated heterocycles. The number of aliphatic imine (C=N–C) groups is 1. The molecule has 4 aromatic rings. The summed E-state index contributed by atoms with van der Waals surface area (Å²) in [4.78, 5) is 155. The molecule has 576 valence electrons. The molecule has 11 amide bonds. The molecule has 8 rings (SSSR count). The van der Waals surface area contributed by atoms with Crippen molar-refractivity contribution in [3.63, 3.8) is 0 Å². The monoisotopic (exact) mass is 1480 g/mol. The highest BCUT2D eigenvalue weighted by Gasteiger charge is 2.51. The number of aliphatic hydroxyl groups excluding tert-OH is 1. The Hall–Kier alpha value is -10.2. The molecule has 107 heavy (non-hydrogen) atoms. The van der Waals surface area contributed by atoms with Gasteiger partial charge in [-0.3, -0.25) is 57.7 Å². The SMILES string of the molecule is CCCN(CCO)C(=O)C1=Cc2ccc(C3(C(=O)Nc4cnc5c(c4)CN(C(=O)CNC(=O)[C@H](Cc4ccccc4)NC(=O)CNC(=O)CNC(=O)CCOCCOCCOCCOCCOCCOCCNC(=O)CCCCCNC(=O)Cc4ccc(N6C(=O)C=CC6=O)cc4)CC5)CC3)cc2N=C(N)C1. The van der Waals surface area contributed by atoms with E-state index in [-0.39, 0.29) is 107 Å². The maximum Gasteiger partial charge on any atom is 0.258 e. The van der Waals surface area contributed by atoms with E-state index in [0.717, 1.165) is 52.1 Å². The van der Waals surface area contributed by atoms with Crippen molar-refractivity contribution >= 4 is 94.0 Å². The van der Waals surface area contributed by atoms with Crippen molar-refractivity contribution in [2.75, 3.05) is 148 Å². The molecule has 3 aromatic carbocycles. The lowest BCUT2D eigenvalue weighted by atomic mass is 9.92. The first-order valence-electron chi connectivity index (χ1n) is 36.4. The second-order valence-electron chi connectivity index (χ2n) is 25.9. The van der Waals surface area contributed by atoms with E-state index in [1.54, 1.807) is 76.7 Å². The lowest BCUT2D eigenvalue weighted by molar-refractivity contribution is -0.134. The lowest BCUT2D eigenvalue weighted by Gasteiger charge is -2.29. The number of hydrogen-bond donors (Lipinski definition) is 9. The van der Waals surface area contributed by atoms with E-state index in [4.69, 9.17) is 34.2 Å². The minimum Gasteiger partial charge on any atom is -0.395 e. The number of aliphatic hydroxyl groups is 1. The third-order valence-corrected chi connectivity index (χ3v) is 17.7. The second kappa shape index (κ2) is 44.1. The molecular weight excluding hydrogens is 1380 g/mol. The van der Waals surface area contributed by atoms with Crippen LogP contribution in [0, 0.1) is 0 Å². The van der Waals surface area contributed by atoms with Gasteiger partial charge in [0.15, 0.2) is 0 Å². The summed E-state index contributed by atoms with van der Waals surface area (Å²) in [6.45, 7) is 6.40. The predicted octanol–water partition coefficient (Wildman–Crippen LogP) is 1.67. The summed E-state index contributed by atoms with van der Waals surface area (Å²) in [5.41, 5.74) is 11.8. The number of carbonyl (C=O) groups excluding carboxylic acids is 11. The van der Waals surface area contributed by atoms with Gasteiger partial charge in [0.1, 0.15) is 11.9 Å². The standard InChI is InChI=1S/C76H99N13O18/c1-2-26-87(28-29-90)74(100)56-44-55-14-15-58(47-62(55)85-64(77)46-56)76(22-23-76)75(101)84-59-45-57-52-88(27-20-61(57)80-48-59)72(98)51-83-73(99)63(42-53-9-5-3-6-10-53)86-69(95)50-82-68(94)49-81-66(92)21-30-102-32-34-104-36-38-106-40-41-107-39-37-105-35-33-103-31-25-79-65(91)11-7-4-8-24-78-67(93)43-54-12-16-60(17-13-54)89-70(96)18-19-71(89)97/h3,5-6,9-10,12-19,44-45,47-48,63,90H,2,4,7-8,11,20-43,46,49-52H2,1H3,(H2,77,85)(H,78,93)(H,79,91)(H,81,92)(H,82,94)(H,83,99)(H,84,101)(H,86,95)/t63-/m0/s1. The van der Waals surface area contributed by atoms with Crippen molar-refractivity contribution in [3.8, 4) is 0 Å². The van der Waals surface area contributed by atoms with E-state index in [9.17, 15) is 57.8 Å². The molecule has 1 fully saturated rings. The highest BCUT2D eigenvalue weighted by Crippen LogP contribution is 2.50. The summed E-state index contributed by atoms with van der Waals surface area (Å²) in [5.74, 6) is -3.96. The van der Waals surface area contributed by atoms with Gasteiger partial charge in [0.05, 0.1) is 141 Å². The number of benzene rings is 3. The van der Waals surface area contributed by atoms with Crippen LogP contribution in [0.2, 0.25) is 0 Å². The average Bonchev–Trinajstić information content (AvgIpc) is 1.59. The van der Waals surface area contributed by atoms with Crippen molar-refractivity contribution < 1.29 is 86.3 Å². The van der Waals surface area contributed by atoms with Crippen LogP contribution in [0.4, 0.5) is 17.1 Å². The molecule has 0 unspecified atom stereocenters. The van der Waals surface area contributed by atoms with Gasteiger partial charge < -0.3 is 86.3 Å². The summed E-state index contributed by atoms with van der Waals surface area (Å²) in [5, 5.41) is 28.6. The van der Waals surface area contributed by atoms with Crippen molar-refractivity contribution in [1.29, 1.82) is 0 Å². The Labute approximate surface area is 621 Å². The first-order chi connectivity index (χ1) is 51.9. The number of aromatic nitrogens is 1. The largest absolute Gasteiger partial charge is 0.395 e. The number of ether oxygens (including phenoxy) is 6. The molecule has 31 heteroatoms. The maximum atomic E-state index is 14.1. The quantitative estimate of drug-likeness (QED) is 0.0224. The van der Waals surface area contributed by atoms with Crippen LogP contribution in [0.3, 0.4) is 0 Å². The molecule has 10 N–H and O–H groups in total. The van der Waals surface area contributed by atoms with Gasteiger partial charge in [-0.2, -0.15) is 0 Å². The Morgan fingerprint density at radius 3 is 1.94 bits per heavy atom. The van der Waals surface area contributed by atoms with Crippen LogP contribution in [0.5, 0.6) is 0 Å². The second-order valence-corrected chi connectivity index (χ2v) is 25.9. The van der Waals surface area contributed by atoms with Crippen LogP contribution in [0.15, 0.2) is 108 Å². The zero-order valence-electron chi connectivity index (χ0n) is 60.6. The number of rotatable bonds is 48. The summed E-state index contributed by atoms with van der Waals surface area (Å²) in [6.07, 6.45) is 11.1. The number of anilines is 2. The summed E-state index contributed by atoms with van der Waals surface area (Å²) >= 11 is 0. The number of nitrogens with two attached hydrogens (primary N) is 1. The van der Waals surface area contributed by atoms with E-state index >= 15 is 0 Å². The fraction of sp³-hybridized carbons (Fsp3) is 0.487. The predicted molar refractivity (Wildman–Crippen MR) is 394 cm³/mol. The molecule has 0 radical (unpaired) electrons. The van der Waals surface area contributed by atoms with Crippen molar-refractivity contribution in [1.82, 2.24) is 46.7 Å². The molecule has 1 aromatic heterocycles. The molecule has 4 heterocycles. The first-order valence-corrected chi connectivity index (χ1v) is 36.4. The summed E-state index contributed by atoms with van der Waals surface area (Å²) < 4.78 is 33.0. The minimum atomic E-state index is -1.12. The molecule has 0 spiro atoms. The Kier molecular flexibility index (Phi) is 34.0. The zero-order chi connectivity index (χ0) is 76.2. The first kappa shape index (κ1) is 82.5. The fourth-order valence-electron chi connectivity index (χ4n) is 11.9. The van der Waals surface area contributed by atoms with E-state index < -0.39 is 60.0 Å². The molecule has 0 bridgehead atoms. The van der Waals surface area contributed by atoms with Crippen molar-refractivity contribution in [2.24, 2.45) is 10.7 Å². The maximum absolute atomic E-state index is 14.1. The van der Waals surface area contributed by atoms with E-state index in [2.05, 4.69) is 47.2 Å². The summed E-state index contributed by atoms with van der Waals surface area (Å²) in [7, 11) is 0. The molecule has 3 aliphatic heterocycles. The Bertz CT molecular complexity index is 3770. The van der Waals surface area contributed by atoms with Crippen LogP contribution in [0.25, 0.3) is 6.08 Å². The number of fused-ring (bicyclic) bond motifs is 2. The van der Waals surface area contributed by atoms with Crippen LogP contribution < -0.4 is 47.9 Å². The van der Waals surface area contributed by atoms with E-state index in [0.29, 0.717) is 146 Å². The Morgan fingerprint density at radius 2 is 1.28 bits per heavy atom. The highest BCUT2D eigenvalue weighted by atomic mass is 16.6. The number of pyridine rings is 1. The number of carbonyl (C=O) groups is 11. The van der Waals surface area contributed by atoms with Gasteiger partial charge in [-0.05, 0) is 84.7 Å². The number of amides is 11. The van der Waals surface area contributed by atoms with Gasteiger partial charge in [0.2, 0.25) is 53.2 Å². The smallest absolute Gasteiger partial charge is 0.258 e. The number of amidine groups is 1. The molecule has 4 aliphatic rings.